The normalized spacial score (nSPS) is 25.0. The molecule has 0 radical (unpaired) electrons. The fourth-order valence-electron chi connectivity index (χ4n) is 3.95. The number of aliphatic hydroxyl groups excluding tert-OH is 3. The second kappa shape index (κ2) is 11.7. The summed E-state index contributed by atoms with van der Waals surface area (Å²) >= 11 is 20.3. The Morgan fingerprint density at radius 1 is 1.03 bits per heavy atom. The number of hydrogen-bond donors (Lipinski definition) is 4. The summed E-state index contributed by atoms with van der Waals surface area (Å²) in [6.07, 6.45) is -2.88. The van der Waals surface area contributed by atoms with Crippen LogP contribution in [0.5, 0.6) is 0 Å². The average molecular weight is 575 g/mol. The van der Waals surface area contributed by atoms with E-state index in [9.17, 15) is 25.2 Å². The van der Waals surface area contributed by atoms with Crippen molar-refractivity contribution in [2.75, 3.05) is 0 Å². The number of carbonyl (C=O) groups is 1. The van der Waals surface area contributed by atoms with Crippen LogP contribution in [0.3, 0.4) is 0 Å². The van der Waals surface area contributed by atoms with Gasteiger partial charge in [-0.2, -0.15) is 0 Å². The lowest BCUT2D eigenvalue weighted by Crippen LogP contribution is -2.57. The van der Waals surface area contributed by atoms with E-state index in [0.717, 1.165) is 11.1 Å². The van der Waals surface area contributed by atoms with Crippen molar-refractivity contribution in [2.24, 2.45) is 0 Å². The predicted octanol–water partition coefficient (Wildman–Crippen LogP) is 3.48. The molecule has 4 N–H and O–H groups in total. The van der Waals surface area contributed by atoms with Crippen molar-refractivity contribution in [1.29, 1.82) is 0 Å². The highest BCUT2D eigenvalue weighted by Gasteiger charge is 2.49. The first kappa shape index (κ1) is 27.2. The summed E-state index contributed by atoms with van der Waals surface area (Å²) < 4.78 is 8.72. The fraction of sp³-hybridized carbons (Fsp3) is 0.333. The molecule has 36 heavy (non-hydrogen) atoms. The predicted molar refractivity (Wildman–Crippen MR) is 136 cm³/mol. The van der Waals surface area contributed by atoms with Gasteiger partial charge in [0.05, 0.1) is 5.25 Å². The Morgan fingerprint density at radius 2 is 1.72 bits per heavy atom. The van der Waals surface area contributed by atoms with Crippen LogP contribution < -0.4 is 4.57 Å². The number of aliphatic hydroxyl groups is 3. The third-order valence-electron chi connectivity index (χ3n) is 5.89. The molecule has 1 aliphatic rings. The molecular weight excluding hydrogens is 551 g/mol. The van der Waals surface area contributed by atoms with E-state index in [4.69, 9.17) is 39.5 Å². The number of hydrogen-bond acceptors (Lipinski definition) is 6. The van der Waals surface area contributed by atoms with Crippen molar-refractivity contribution < 1.29 is 34.5 Å². The van der Waals surface area contributed by atoms with Crippen molar-refractivity contribution in [3.05, 3.63) is 87.4 Å². The Labute approximate surface area is 226 Å². The Bertz CT molecular complexity index is 1210. The highest BCUT2D eigenvalue weighted by Crippen LogP contribution is 2.37. The number of benzene rings is 2. The zero-order valence-electron chi connectivity index (χ0n) is 18.7. The molecule has 3 aromatic rings. The summed E-state index contributed by atoms with van der Waals surface area (Å²) in [7, 11) is 0. The number of ether oxygens (including phenoxy) is 1. The number of carboxylic acids is 1. The molecule has 192 valence electrons. The largest absolute Gasteiger partial charge is 0.479 e. The molecule has 1 saturated heterocycles. The number of aromatic nitrogens is 2. The fourth-order valence-corrected chi connectivity index (χ4v) is 5.93. The number of aliphatic carboxylic acids is 1. The number of nitrogens with zero attached hydrogens (tertiary/aromatic N) is 2. The summed E-state index contributed by atoms with van der Waals surface area (Å²) in [4.78, 5) is 11.4. The summed E-state index contributed by atoms with van der Waals surface area (Å²) in [5, 5.41) is 41.5. The number of thioether (sulfide) groups is 1. The van der Waals surface area contributed by atoms with Crippen LogP contribution in [0.4, 0.5) is 0 Å². The minimum absolute atomic E-state index is 0.0947. The lowest BCUT2D eigenvalue weighted by atomic mass is 9.98. The van der Waals surface area contributed by atoms with Crippen molar-refractivity contribution in [2.45, 2.75) is 48.2 Å². The van der Waals surface area contributed by atoms with Gasteiger partial charge < -0.3 is 25.2 Å². The van der Waals surface area contributed by atoms with Crippen LogP contribution >= 0.6 is 46.6 Å². The van der Waals surface area contributed by atoms with Crippen molar-refractivity contribution in [3.63, 3.8) is 0 Å². The molecule has 0 amide bonds. The van der Waals surface area contributed by atoms with E-state index in [-0.39, 0.29) is 5.25 Å². The van der Waals surface area contributed by atoms with Crippen LogP contribution in [0.15, 0.2) is 61.2 Å². The molecule has 0 spiro atoms. The Kier molecular flexibility index (Phi) is 8.85. The van der Waals surface area contributed by atoms with E-state index in [1.807, 2.05) is 34.9 Å². The molecule has 0 bridgehead atoms. The van der Waals surface area contributed by atoms with E-state index < -0.39 is 36.6 Å². The van der Waals surface area contributed by atoms with Crippen LogP contribution in [0, 0.1) is 0 Å². The molecule has 0 aliphatic carbocycles. The quantitative estimate of drug-likeness (QED) is 0.305. The molecule has 2 heterocycles. The van der Waals surface area contributed by atoms with Gasteiger partial charge in [-0.05, 0) is 35.4 Å². The van der Waals surface area contributed by atoms with Gasteiger partial charge in [0, 0.05) is 20.8 Å². The highest BCUT2D eigenvalue weighted by atomic mass is 35.5. The Morgan fingerprint density at radius 3 is 2.39 bits per heavy atom. The van der Waals surface area contributed by atoms with Crippen molar-refractivity contribution >= 4 is 52.5 Å². The summed E-state index contributed by atoms with van der Waals surface area (Å²) in [5.41, 5.74) is 1.98. The first-order chi connectivity index (χ1) is 17.1. The third-order valence-corrected chi connectivity index (χ3v) is 8.01. The van der Waals surface area contributed by atoms with E-state index in [2.05, 4.69) is 0 Å². The first-order valence-electron chi connectivity index (χ1n) is 10.9. The van der Waals surface area contributed by atoms with Gasteiger partial charge in [0.25, 0.3) is 0 Å². The van der Waals surface area contributed by atoms with Crippen LogP contribution in [-0.4, -0.2) is 55.4 Å². The maximum absolute atomic E-state index is 11.4. The molecule has 6 unspecified atom stereocenters. The summed E-state index contributed by atoms with van der Waals surface area (Å²) in [5.74, 6) is -0.744. The molecule has 6 atom stereocenters. The average Bonchev–Trinajstić information content (AvgIpc) is 3.29. The second-order valence-electron chi connectivity index (χ2n) is 8.41. The molecule has 2 aromatic carbocycles. The molecule has 1 fully saturated rings. The smallest absolute Gasteiger partial charge is 0.335 e. The van der Waals surface area contributed by atoms with E-state index >= 15 is 0 Å². The minimum atomic E-state index is -1.75. The molecule has 4 rings (SSSR count). The molecule has 8 nitrogen and oxygen atoms in total. The van der Waals surface area contributed by atoms with Crippen LogP contribution in [0.2, 0.25) is 15.1 Å². The highest BCUT2D eigenvalue weighted by molar-refractivity contribution is 7.98. The van der Waals surface area contributed by atoms with E-state index in [0.29, 0.717) is 27.4 Å². The number of halogens is 3. The Hall–Kier alpha value is -1.82. The van der Waals surface area contributed by atoms with E-state index in [1.165, 1.54) is 4.57 Å². The Balaban J connectivity index is 1.56. The molecular formula is C24H24Cl3N2O6S+. The minimum Gasteiger partial charge on any atom is -0.479 e. The number of rotatable bonds is 8. The molecule has 1 aromatic heterocycles. The van der Waals surface area contributed by atoms with Gasteiger partial charge in [-0.1, -0.05) is 53.0 Å². The van der Waals surface area contributed by atoms with Gasteiger partial charge in [0.15, 0.2) is 6.10 Å². The number of imidazole rings is 1. The number of carboxylic acid groups (broad SMARTS) is 1. The topological polar surface area (TPSA) is 116 Å². The third kappa shape index (κ3) is 6.17. The van der Waals surface area contributed by atoms with Crippen LogP contribution in [0.1, 0.15) is 22.6 Å². The zero-order chi connectivity index (χ0) is 26.0. The van der Waals surface area contributed by atoms with Gasteiger partial charge in [0.2, 0.25) is 12.6 Å². The lowest BCUT2D eigenvalue weighted by molar-refractivity contribution is -0.696. The molecule has 1 aliphatic heterocycles. The van der Waals surface area contributed by atoms with E-state index in [1.54, 1.807) is 42.6 Å². The SMILES string of the molecule is O=C(O)C1OC(n2cc[n+](CC(SCc3ccc(Cl)cc3)c3ccc(Cl)cc3Cl)c2)C(O)C(O)C1O. The van der Waals surface area contributed by atoms with Gasteiger partial charge in [-0.15, -0.1) is 11.8 Å². The van der Waals surface area contributed by atoms with Gasteiger partial charge in [-0.3, -0.25) is 0 Å². The maximum Gasteiger partial charge on any atom is 0.335 e. The van der Waals surface area contributed by atoms with Crippen molar-refractivity contribution in [1.82, 2.24) is 4.57 Å². The maximum atomic E-state index is 11.4. The monoisotopic (exact) mass is 573 g/mol. The van der Waals surface area contributed by atoms with Gasteiger partial charge >= 0.3 is 5.97 Å². The second-order valence-corrected chi connectivity index (χ2v) is 10.9. The molecule has 12 heteroatoms. The zero-order valence-corrected chi connectivity index (χ0v) is 21.8. The molecule has 0 saturated carbocycles. The summed E-state index contributed by atoms with van der Waals surface area (Å²) in [6, 6.07) is 12.9. The standard InChI is InChI=1S/C24H23Cl3N2O6S/c25-14-3-1-13(2-4-14)11-36-18(16-6-5-15(26)9-17(16)27)10-28-7-8-29(12-28)23-21(32)19(30)20(31)22(35-23)24(33)34/h1-9,12,18-23,30-32H,10-11H2/p+1. The van der Waals surface area contributed by atoms with Crippen LogP contribution in [0.25, 0.3) is 0 Å². The van der Waals surface area contributed by atoms with Crippen molar-refractivity contribution in [3.8, 4) is 0 Å². The van der Waals surface area contributed by atoms with Gasteiger partial charge in [-0.25, -0.2) is 13.9 Å². The van der Waals surface area contributed by atoms with Gasteiger partial charge in [0.1, 0.15) is 37.3 Å². The first-order valence-corrected chi connectivity index (χ1v) is 13.1. The summed E-state index contributed by atoms with van der Waals surface area (Å²) in [6.45, 7) is 0.475. The lowest BCUT2D eigenvalue weighted by Gasteiger charge is -2.36. The van der Waals surface area contributed by atoms with Crippen LogP contribution in [-0.2, 0) is 21.8 Å².